The summed E-state index contributed by atoms with van der Waals surface area (Å²) in [7, 11) is -2.71. The summed E-state index contributed by atoms with van der Waals surface area (Å²) in [6, 6.07) is 14.9. The number of carbonyl (C=O) groups is 2. The number of hydrogen-bond acceptors (Lipinski definition) is 5. The SMILES string of the molecule is COC(=O)C1CC2=CC(=O)[C@@H](c3ccccc3)[C@@H]2CN1S(=O)(=O)c1ccc(C)cc1. The molecule has 3 atom stereocenters. The number of ketones is 1. The fraction of sp³-hybridized carbons (Fsp3) is 0.304. The van der Waals surface area contributed by atoms with E-state index in [1.807, 2.05) is 37.3 Å². The van der Waals surface area contributed by atoms with Gasteiger partial charge in [-0.3, -0.25) is 9.59 Å². The van der Waals surface area contributed by atoms with E-state index in [-0.39, 0.29) is 29.6 Å². The zero-order chi connectivity index (χ0) is 21.5. The van der Waals surface area contributed by atoms with E-state index in [1.54, 1.807) is 30.3 Å². The summed E-state index contributed by atoms with van der Waals surface area (Å²) in [6.45, 7) is 1.92. The number of benzene rings is 2. The molecule has 156 valence electrons. The molecule has 0 radical (unpaired) electrons. The lowest BCUT2D eigenvalue weighted by Gasteiger charge is -2.38. The molecular formula is C23H23NO5S. The van der Waals surface area contributed by atoms with Crippen molar-refractivity contribution in [3.8, 4) is 0 Å². The van der Waals surface area contributed by atoms with E-state index in [0.29, 0.717) is 0 Å². The normalized spacial score (nSPS) is 24.3. The van der Waals surface area contributed by atoms with Crippen molar-refractivity contribution in [1.82, 2.24) is 4.31 Å². The second-order valence-corrected chi connectivity index (χ2v) is 9.64. The summed E-state index contributed by atoms with van der Waals surface area (Å²) in [4.78, 5) is 25.4. The molecule has 1 heterocycles. The highest BCUT2D eigenvalue weighted by Gasteiger charge is 2.49. The number of carbonyl (C=O) groups excluding carboxylic acids is 2. The topological polar surface area (TPSA) is 80.8 Å². The molecular weight excluding hydrogens is 402 g/mol. The molecule has 1 fully saturated rings. The molecule has 2 aromatic rings. The highest BCUT2D eigenvalue weighted by Crippen LogP contribution is 2.44. The summed E-state index contributed by atoms with van der Waals surface area (Å²) < 4.78 is 33.0. The van der Waals surface area contributed by atoms with Crippen LogP contribution in [0.3, 0.4) is 0 Å². The van der Waals surface area contributed by atoms with Gasteiger partial charge < -0.3 is 4.74 Å². The first-order valence-electron chi connectivity index (χ1n) is 9.78. The van der Waals surface area contributed by atoms with Crippen LogP contribution in [0.1, 0.15) is 23.5 Å². The Morgan fingerprint density at radius 2 is 1.73 bits per heavy atom. The van der Waals surface area contributed by atoms with Gasteiger partial charge in [0, 0.05) is 12.5 Å². The number of sulfonamides is 1. The van der Waals surface area contributed by atoms with Crippen LogP contribution in [0, 0.1) is 12.8 Å². The molecule has 1 unspecified atom stereocenters. The number of esters is 1. The molecule has 2 aliphatic rings. The van der Waals surface area contributed by atoms with Crippen LogP contribution in [0.5, 0.6) is 0 Å². The number of methoxy groups -OCH3 is 1. The fourth-order valence-electron chi connectivity index (χ4n) is 4.38. The maximum Gasteiger partial charge on any atom is 0.324 e. The molecule has 0 bridgehead atoms. The van der Waals surface area contributed by atoms with Gasteiger partial charge in [0.1, 0.15) is 6.04 Å². The lowest BCUT2D eigenvalue weighted by atomic mass is 9.81. The largest absolute Gasteiger partial charge is 0.468 e. The van der Waals surface area contributed by atoms with E-state index >= 15 is 0 Å². The number of piperidine rings is 1. The fourth-order valence-corrected chi connectivity index (χ4v) is 5.98. The van der Waals surface area contributed by atoms with E-state index in [2.05, 4.69) is 0 Å². The predicted octanol–water partition coefficient (Wildman–Crippen LogP) is 2.84. The van der Waals surface area contributed by atoms with Gasteiger partial charge in [-0.15, -0.1) is 0 Å². The average Bonchev–Trinajstić information content (AvgIpc) is 3.08. The Hall–Kier alpha value is -2.77. The van der Waals surface area contributed by atoms with Crippen LogP contribution in [0.15, 0.2) is 71.1 Å². The molecule has 7 heteroatoms. The van der Waals surface area contributed by atoms with Crippen molar-refractivity contribution in [2.45, 2.75) is 30.2 Å². The maximum atomic E-state index is 13.5. The quantitative estimate of drug-likeness (QED) is 0.704. The van der Waals surface area contributed by atoms with Gasteiger partial charge in [-0.2, -0.15) is 4.31 Å². The number of fused-ring (bicyclic) bond motifs is 1. The van der Waals surface area contributed by atoms with Crippen molar-refractivity contribution < 1.29 is 22.7 Å². The van der Waals surface area contributed by atoms with Crippen molar-refractivity contribution in [3.05, 3.63) is 77.4 Å². The first-order chi connectivity index (χ1) is 14.3. The van der Waals surface area contributed by atoms with Crippen molar-refractivity contribution in [2.24, 2.45) is 5.92 Å². The monoisotopic (exact) mass is 425 g/mol. The maximum absolute atomic E-state index is 13.5. The Morgan fingerprint density at radius 1 is 1.07 bits per heavy atom. The first-order valence-corrected chi connectivity index (χ1v) is 11.2. The molecule has 1 saturated heterocycles. The summed E-state index contributed by atoms with van der Waals surface area (Å²) in [5.41, 5.74) is 2.59. The Kier molecular flexibility index (Phi) is 5.34. The third kappa shape index (κ3) is 3.48. The summed E-state index contributed by atoms with van der Waals surface area (Å²) in [6.07, 6.45) is 1.73. The molecule has 1 aliphatic carbocycles. The molecule has 0 spiro atoms. The number of allylic oxidation sites excluding steroid dienone is 1. The number of hydrogen-bond donors (Lipinski definition) is 0. The lowest BCUT2D eigenvalue weighted by Crippen LogP contribution is -2.52. The van der Waals surface area contributed by atoms with Crippen LogP contribution in [0.2, 0.25) is 0 Å². The first kappa shape index (κ1) is 20.5. The molecule has 4 rings (SSSR count). The summed E-state index contributed by atoms with van der Waals surface area (Å²) >= 11 is 0. The molecule has 6 nitrogen and oxygen atoms in total. The average molecular weight is 426 g/mol. The summed E-state index contributed by atoms with van der Waals surface area (Å²) in [5, 5.41) is 0. The molecule has 0 amide bonds. The van der Waals surface area contributed by atoms with Gasteiger partial charge in [0.05, 0.1) is 17.9 Å². The van der Waals surface area contributed by atoms with Crippen LogP contribution < -0.4 is 0 Å². The standard InChI is InChI=1S/C23H23NO5S/c1-15-8-10-18(11-9-15)30(27,28)24-14-19-17(12-20(24)23(26)29-2)13-21(25)22(19)16-6-4-3-5-7-16/h3-11,13,19-20,22H,12,14H2,1-2H3/t19-,20?,22+/m1/s1. The predicted molar refractivity (Wildman–Crippen MR) is 111 cm³/mol. The number of ether oxygens (including phenoxy) is 1. The molecule has 0 saturated carbocycles. The minimum absolute atomic E-state index is 0.0487. The van der Waals surface area contributed by atoms with Crippen molar-refractivity contribution >= 4 is 21.8 Å². The molecule has 2 aromatic carbocycles. The smallest absolute Gasteiger partial charge is 0.324 e. The van der Waals surface area contributed by atoms with Crippen molar-refractivity contribution in [2.75, 3.05) is 13.7 Å². The van der Waals surface area contributed by atoms with E-state index in [4.69, 9.17) is 4.74 Å². The van der Waals surface area contributed by atoms with Crippen LogP contribution in [-0.2, 0) is 24.3 Å². The van der Waals surface area contributed by atoms with Crippen LogP contribution in [-0.4, -0.2) is 44.2 Å². The van der Waals surface area contributed by atoms with E-state index in [9.17, 15) is 18.0 Å². The molecule has 0 aromatic heterocycles. The van der Waals surface area contributed by atoms with Crippen molar-refractivity contribution in [3.63, 3.8) is 0 Å². The van der Waals surface area contributed by atoms with Crippen LogP contribution in [0.25, 0.3) is 0 Å². The summed E-state index contributed by atoms with van der Waals surface area (Å²) in [5.74, 6) is -1.43. The van der Waals surface area contributed by atoms with E-state index < -0.39 is 28.0 Å². The van der Waals surface area contributed by atoms with Gasteiger partial charge in [0.15, 0.2) is 5.78 Å². The van der Waals surface area contributed by atoms with Gasteiger partial charge in [0.25, 0.3) is 0 Å². The third-order valence-corrected chi connectivity index (χ3v) is 7.81. The van der Waals surface area contributed by atoms with Crippen LogP contribution >= 0.6 is 0 Å². The minimum atomic E-state index is -3.95. The minimum Gasteiger partial charge on any atom is -0.468 e. The molecule has 1 aliphatic heterocycles. The second kappa shape index (κ2) is 7.81. The van der Waals surface area contributed by atoms with Crippen LogP contribution in [0.4, 0.5) is 0 Å². The Balaban J connectivity index is 1.75. The Bertz CT molecular complexity index is 1110. The van der Waals surface area contributed by atoms with Gasteiger partial charge in [-0.05, 0) is 37.1 Å². The highest BCUT2D eigenvalue weighted by atomic mass is 32.2. The highest BCUT2D eigenvalue weighted by molar-refractivity contribution is 7.89. The number of nitrogens with zero attached hydrogens (tertiary/aromatic N) is 1. The van der Waals surface area contributed by atoms with E-state index in [1.165, 1.54) is 11.4 Å². The zero-order valence-electron chi connectivity index (χ0n) is 16.8. The van der Waals surface area contributed by atoms with Gasteiger partial charge in [-0.1, -0.05) is 53.6 Å². The van der Waals surface area contributed by atoms with Gasteiger partial charge >= 0.3 is 5.97 Å². The third-order valence-electron chi connectivity index (χ3n) is 5.93. The Labute approximate surface area is 176 Å². The second-order valence-electron chi connectivity index (χ2n) is 7.75. The Morgan fingerprint density at radius 3 is 2.37 bits per heavy atom. The lowest BCUT2D eigenvalue weighted by molar-refractivity contribution is -0.145. The number of aryl methyl sites for hydroxylation is 1. The molecule has 30 heavy (non-hydrogen) atoms. The van der Waals surface area contributed by atoms with E-state index in [0.717, 1.165) is 16.7 Å². The van der Waals surface area contributed by atoms with Gasteiger partial charge in [-0.25, -0.2) is 8.42 Å². The molecule has 0 N–H and O–H groups in total. The number of rotatable bonds is 4. The van der Waals surface area contributed by atoms with Gasteiger partial charge in [0.2, 0.25) is 10.0 Å². The van der Waals surface area contributed by atoms with Crippen molar-refractivity contribution in [1.29, 1.82) is 0 Å². The zero-order valence-corrected chi connectivity index (χ0v) is 17.6.